The van der Waals surface area contributed by atoms with Crippen molar-refractivity contribution in [2.24, 2.45) is 0 Å². The average Bonchev–Trinajstić information content (AvgIpc) is 2.14. The second-order valence-corrected chi connectivity index (χ2v) is 2.47. The molecule has 0 atom stereocenters. The van der Waals surface area contributed by atoms with Crippen molar-refractivity contribution in [3.8, 4) is 17.2 Å². The Labute approximate surface area is 77.2 Å². The summed E-state index contributed by atoms with van der Waals surface area (Å²) in [4.78, 5) is 0. The van der Waals surface area contributed by atoms with E-state index in [2.05, 4.69) is 6.58 Å². The third-order valence-electron chi connectivity index (χ3n) is 1.47. The van der Waals surface area contributed by atoms with E-state index < -0.39 is 0 Å². The fraction of sp³-hybridized carbons (Fsp3) is 0.200. The number of ether oxygens (including phenoxy) is 2. The van der Waals surface area contributed by atoms with Gasteiger partial charge in [-0.1, -0.05) is 12.7 Å². The summed E-state index contributed by atoms with van der Waals surface area (Å²) < 4.78 is 10.2. The van der Waals surface area contributed by atoms with Crippen LogP contribution >= 0.6 is 0 Å². The number of rotatable bonds is 4. The van der Waals surface area contributed by atoms with Crippen LogP contribution in [0.3, 0.4) is 0 Å². The molecule has 0 aliphatic rings. The quantitative estimate of drug-likeness (QED) is 0.720. The number of benzene rings is 1. The molecule has 0 saturated carbocycles. The van der Waals surface area contributed by atoms with Gasteiger partial charge in [-0.2, -0.15) is 0 Å². The molecule has 0 aliphatic carbocycles. The number of hydrogen-bond donors (Lipinski definition) is 1. The summed E-state index contributed by atoms with van der Waals surface area (Å²) in [7, 11) is 1.53. The maximum absolute atomic E-state index is 9.24. The molecule has 0 saturated heterocycles. The topological polar surface area (TPSA) is 38.7 Å². The van der Waals surface area contributed by atoms with E-state index in [0.29, 0.717) is 18.1 Å². The van der Waals surface area contributed by atoms with Crippen LogP contribution in [0.4, 0.5) is 0 Å². The van der Waals surface area contributed by atoms with E-state index in [1.54, 1.807) is 12.1 Å². The first-order chi connectivity index (χ1) is 6.26. The SMILES string of the molecule is C=CCOc1cc(O)cc(OC)c1. The van der Waals surface area contributed by atoms with Crippen LogP contribution in [0, 0.1) is 0 Å². The molecule has 0 fully saturated rings. The van der Waals surface area contributed by atoms with Gasteiger partial charge in [-0.25, -0.2) is 0 Å². The molecular weight excluding hydrogens is 168 g/mol. The lowest BCUT2D eigenvalue weighted by molar-refractivity contribution is 0.352. The number of methoxy groups -OCH3 is 1. The molecule has 0 amide bonds. The lowest BCUT2D eigenvalue weighted by Gasteiger charge is -2.06. The highest BCUT2D eigenvalue weighted by atomic mass is 16.5. The van der Waals surface area contributed by atoms with Gasteiger partial charge in [-0.3, -0.25) is 0 Å². The highest BCUT2D eigenvalue weighted by Crippen LogP contribution is 2.26. The Balaban J connectivity index is 2.81. The summed E-state index contributed by atoms with van der Waals surface area (Å²) >= 11 is 0. The molecule has 3 heteroatoms. The van der Waals surface area contributed by atoms with Gasteiger partial charge in [0.25, 0.3) is 0 Å². The highest BCUT2D eigenvalue weighted by Gasteiger charge is 1.99. The molecule has 1 aromatic carbocycles. The Morgan fingerprint density at radius 3 is 2.69 bits per heavy atom. The average molecular weight is 180 g/mol. The molecule has 0 heterocycles. The van der Waals surface area contributed by atoms with E-state index in [9.17, 15) is 5.11 Å². The fourth-order valence-electron chi connectivity index (χ4n) is 0.913. The van der Waals surface area contributed by atoms with Gasteiger partial charge in [-0.15, -0.1) is 0 Å². The van der Waals surface area contributed by atoms with E-state index in [-0.39, 0.29) is 5.75 Å². The smallest absolute Gasteiger partial charge is 0.127 e. The third-order valence-corrected chi connectivity index (χ3v) is 1.47. The molecule has 13 heavy (non-hydrogen) atoms. The van der Waals surface area contributed by atoms with Crippen molar-refractivity contribution in [3.05, 3.63) is 30.9 Å². The minimum absolute atomic E-state index is 0.124. The van der Waals surface area contributed by atoms with E-state index in [1.807, 2.05) is 0 Å². The molecule has 0 unspecified atom stereocenters. The maximum Gasteiger partial charge on any atom is 0.127 e. The first kappa shape index (κ1) is 9.45. The molecule has 70 valence electrons. The van der Waals surface area contributed by atoms with Crippen molar-refractivity contribution in [2.45, 2.75) is 0 Å². The third kappa shape index (κ3) is 2.71. The molecule has 0 aliphatic heterocycles. The van der Waals surface area contributed by atoms with Crippen LogP contribution in [0.5, 0.6) is 17.2 Å². The zero-order valence-corrected chi connectivity index (χ0v) is 7.49. The Morgan fingerprint density at radius 1 is 1.38 bits per heavy atom. The van der Waals surface area contributed by atoms with Crippen LogP contribution in [0.1, 0.15) is 0 Å². The maximum atomic E-state index is 9.24. The van der Waals surface area contributed by atoms with E-state index in [0.717, 1.165) is 0 Å². The van der Waals surface area contributed by atoms with Crippen LogP contribution < -0.4 is 9.47 Å². The van der Waals surface area contributed by atoms with Gasteiger partial charge in [0.2, 0.25) is 0 Å². The van der Waals surface area contributed by atoms with Crippen molar-refractivity contribution < 1.29 is 14.6 Å². The normalized spacial score (nSPS) is 9.31. The number of phenolic OH excluding ortho intramolecular Hbond substituents is 1. The van der Waals surface area contributed by atoms with Gasteiger partial charge in [0.15, 0.2) is 0 Å². The summed E-state index contributed by atoms with van der Waals surface area (Å²) in [6.07, 6.45) is 1.64. The number of aromatic hydroxyl groups is 1. The predicted octanol–water partition coefficient (Wildman–Crippen LogP) is 1.97. The Bertz CT molecular complexity index is 294. The zero-order valence-electron chi connectivity index (χ0n) is 7.49. The van der Waals surface area contributed by atoms with Gasteiger partial charge in [-0.05, 0) is 0 Å². The molecule has 1 rings (SSSR count). The Morgan fingerprint density at radius 2 is 2.08 bits per heavy atom. The summed E-state index contributed by atoms with van der Waals surface area (Å²) in [5.41, 5.74) is 0. The summed E-state index contributed by atoms with van der Waals surface area (Å²) in [5.74, 6) is 1.26. The summed E-state index contributed by atoms with van der Waals surface area (Å²) in [6, 6.07) is 4.73. The Kier molecular flexibility index (Phi) is 3.20. The largest absolute Gasteiger partial charge is 0.508 e. The molecule has 0 radical (unpaired) electrons. The summed E-state index contributed by atoms with van der Waals surface area (Å²) in [5, 5.41) is 9.24. The molecule has 1 aromatic rings. The van der Waals surface area contributed by atoms with Crippen molar-refractivity contribution in [3.63, 3.8) is 0 Å². The van der Waals surface area contributed by atoms with E-state index >= 15 is 0 Å². The van der Waals surface area contributed by atoms with Gasteiger partial charge in [0.1, 0.15) is 23.9 Å². The second-order valence-electron chi connectivity index (χ2n) is 2.47. The highest BCUT2D eigenvalue weighted by molar-refractivity contribution is 5.41. The lowest BCUT2D eigenvalue weighted by Crippen LogP contribution is -1.93. The van der Waals surface area contributed by atoms with Crippen LogP contribution in [0.15, 0.2) is 30.9 Å². The molecule has 1 N–H and O–H groups in total. The molecule has 0 bridgehead atoms. The second kappa shape index (κ2) is 4.40. The van der Waals surface area contributed by atoms with Gasteiger partial charge >= 0.3 is 0 Å². The van der Waals surface area contributed by atoms with Crippen molar-refractivity contribution in [1.29, 1.82) is 0 Å². The van der Waals surface area contributed by atoms with E-state index in [1.165, 1.54) is 19.2 Å². The first-order valence-electron chi connectivity index (χ1n) is 3.88. The van der Waals surface area contributed by atoms with Gasteiger partial charge in [0.05, 0.1) is 7.11 Å². The minimum Gasteiger partial charge on any atom is -0.508 e. The monoisotopic (exact) mass is 180 g/mol. The van der Waals surface area contributed by atoms with Crippen molar-refractivity contribution in [1.82, 2.24) is 0 Å². The molecule has 3 nitrogen and oxygen atoms in total. The fourth-order valence-corrected chi connectivity index (χ4v) is 0.913. The first-order valence-corrected chi connectivity index (χ1v) is 3.88. The van der Waals surface area contributed by atoms with Crippen LogP contribution in [0.2, 0.25) is 0 Å². The number of hydrogen-bond acceptors (Lipinski definition) is 3. The minimum atomic E-state index is 0.124. The Hall–Kier alpha value is -1.64. The van der Waals surface area contributed by atoms with Crippen LogP contribution in [-0.2, 0) is 0 Å². The van der Waals surface area contributed by atoms with Crippen LogP contribution in [0.25, 0.3) is 0 Å². The summed E-state index contributed by atoms with van der Waals surface area (Å²) in [6.45, 7) is 3.93. The number of phenols is 1. The van der Waals surface area contributed by atoms with Gasteiger partial charge in [0, 0.05) is 18.2 Å². The standard InChI is InChI=1S/C10H12O3/c1-3-4-13-10-6-8(11)5-9(7-10)12-2/h3,5-7,11H,1,4H2,2H3. The zero-order chi connectivity index (χ0) is 9.68. The lowest BCUT2D eigenvalue weighted by atomic mass is 10.3. The molecule has 0 aromatic heterocycles. The van der Waals surface area contributed by atoms with Crippen LogP contribution in [-0.4, -0.2) is 18.8 Å². The molecular formula is C10H12O3. The van der Waals surface area contributed by atoms with Crippen molar-refractivity contribution in [2.75, 3.05) is 13.7 Å². The molecule has 0 spiro atoms. The van der Waals surface area contributed by atoms with Crippen molar-refractivity contribution >= 4 is 0 Å². The van der Waals surface area contributed by atoms with E-state index in [4.69, 9.17) is 9.47 Å². The van der Waals surface area contributed by atoms with Gasteiger partial charge < -0.3 is 14.6 Å². The predicted molar refractivity (Wildman–Crippen MR) is 50.4 cm³/mol.